The van der Waals surface area contributed by atoms with Gasteiger partial charge in [0.25, 0.3) is 11.8 Å². The van der Waals surface area contributed by atoms with Crippen molar-refractivity contribution in [2.45, 2.75) is 26.0 Å². The van der Waals surface area contributed by atoms with E-state index in [2.05, 4.69) is 24.1 Å². The number of nitrogens with zero attached hydrogens (tertiary/aromatic N) is 2. The molecule has 0 aliphatic carbocycles. The molecule has 0 radical (unpaired) electrons. The molecule has 3 atom stereocenters. The summed E-state index contributed by atoms with van der Waals surface area (Å²) in [6, 6.07) is 10.7. The van der Waals surface area contributed by atoms with Crippen LogP contribution in [0.3, 0.4) is 0 Å². The van der Waals surface area contributed by atoms with Gasteiger partial charge in [-0.1, -0.05) is 19.1 Å². The highest BCUT2D eigenvalue weighted by atomic mass is 19.1. The van der Waals surface area contributed by atoms with E-state index in [-0.39, 0.29) is 29.5 Å². The second-order valence-corrected chi connectivity index (χ2v) is 8.68. The average Bonchev–Trinajstić information content (AvgIpc) is 2.79. The molecule has 0 aromatic heterocycles. The predicted molar refractivity (Wildman–Crippen MR) is 125 cm³/mol. The second-order valence-electron chi connectivity index (χ2n) is 8.68. The molecule has 33 heavy (non-hydrogen) atoms. The SMILES string of the molecule is CO[C@H]1CN(C)C(=O)c2ccc(NC(=O)c3ccccc3F)cc2OC[C@H](C)N(C)C[C@H]1C. The first-order chi connectivity index (χ1) is 15.7. The summed E-state index contributed by atoms with van der Waals surface area (Å²) in [7, 11) is 5.43. The van der Waals surface area contributed by atoms with Gasteiger partial charge in [0.2, 0.25) is 0 Å². The molecule has 178 valence electrons. The Kier molecular flexibility index (Phi) is 8.05. The van der Waals surface area contributed by atoms with E-state index in [1.807, 2.05) is 7.05 Å². The molecule has 1 heterocycles. The van der Waals surface area contributed by atoms with Gasteiger partial charge < -0.3 is 19.7 Å². The fraction of sp³-hybridized carbons (Fsp3) is 0.440. The van der Waals surface area contributed by atoms with E-state index >= 15 is 0 Å². The second kappa shape index (κ2) is 10.8. The van der Waals surface area contributed by atoms with E-state index in [1.165, 1.54) is 18.2 Å². The maximum absolute atomic E-state index is 14.0. The summed E-state index contributed by atoms with van der Waals surface area (Å²) in [5, 5.41) is 2.69. The summed E-state index contributed by atoms with van der Waals surface area (Å²) in [5.74, 6) is -0.802. The zero-order valence-electron chi connectivity index (χ0n) is 19.8. The summed E-state index contributed by atoms with van der Waals surface area (Å²) in [6.07, 6.45) is -0.114. The third kappa shape index (κ3) is 5.89. The highest BCUT2D eigenvalue weighted by Gasteiger charge is 2.27. The van der Waals surface area contributed by atoms with Gasteiger partial charge in [0, 0.05) is 45.0 Å². The van der Waals surface area contributed by atoms with Gasteiger partial charge in [-0.3, -0.25) is 14.5 Å². The quantitative estimate of drug-likeness (QED) is 0.764. The molecule has 7 nitrogen and oxygen atoms in total. The molecule has 0 bridgehead atoms. The molecule has 8 heteroatoms. The van der Waals surface area contributed by atoms with Gasteiger partial charge >= 0.3 is 0 Å². The van der Waals surface area contributed by atoms with Crippen molar-refractivity contribution >= 4 is 17.5 Å². The lowest BCUT2D eigenvalue weighted by atomic mass is 10.0. The molecule has 1 aliphatic heterocycles. The molecular weight excluding hydrogens is 425 g/mol. The van der Waals surface area contributed by atoms with Crippen LogP contribution < -0.4 is 10.1 Å². The Hall–Kier alpha value is -2.97. The number of hydrogen-bond acceptors (Lipinski definition) is 5. The number of fused-ring (bicyclic) bond motifs is 1. The highest BCUT2D eigenvalue weighted by molar-refractivity contribution is 6.05. The van der Waals surface area contributed by atoms with Crippen molar-refractivity contribution in [3.63, 3.8) is 0 Å². The van der Waals surface area contributed by atoms with Crippen LogP contribution in [0.15, 0.2) is 42.5 Å². The summed E-state index contributed by atoms with van der Waals surface area (Å²) < 4.78 is 25.7. The van der Waals surface area contributed by atoms with Crippen molar-refractivity contribution in [2.75, 3.05) is 46.2 Å². The fourth-order valence-corrected chi connectivity index (χ4v) is 3.87. The summed E-state index contributed by atoms with van der Waals surface area (Å²) in [6.45, 7) is 5.74. The largest absolute Gasteiger partial charge is 0.491 e. The van der Waals surface area contributed by atoms with Crippen molar-refractivity contribution in [2.24, 2.45) is 5.92 Å². The fourth-order valence-electron chi connectivity index (χ4n) is 3.87. The number of nitrogens with one attached hydrogen (secondary N) is 1. The smallest absolute Gasteiger partial charge is 0.258 e. The third-order valence-corrected chi connectivity index (χ3v) is 6.13. The number of carbonyl (C=O) groups is 2. The highest BCUT2D eigenvalue weighted by Crippen LogP contribution is 2.27. The molecule has 0 fully saturated rings. The predicted octanol–water partition coefficient (Wildman–Crippen LogP) is 3.51. The number of amides is 2. The number of ether oxygens (including phenoxy) is 2. The van der Waals surface area contributed by atoms with Crippen LogP contribution in [0.2, 0.25) is 0 Å². The molecular formula is C25H32FN3O4. The van der Waals surface area contributed by atoms with Crippen LogP contribution in [0, 0.1) is 11.7 Å². The number of rotatable bonds is 3. The summed E-state index contributed by atoms with van der Waals surface area (Å²) in [5.41, 5.74) is 0.741. The molecule has 2 aromatic carbocycles. The van der Waals surface area contributed by atoms with Gasteiger partial charge in [0.15, 0.2) is 0 Å². The van der Waals surface area contributed by atoms with Crippen molar-refractivity contribution in [3.8, 4) is 5.75 Å². The Morgan fingerprint density at radius 1 is 1.15 bits per heavy atom. The van der Waals surface area contributed by atoms with E-state index in [0.717, 1.165) is 6.54 Å². The van der Waals surface area contributed by atoms with E-state index in [0.29, 0.717) is 30.2 Å². The van der Waals surface area contributed by atoms with Crippen LogP contribution in [0.5, 0.6) is 5.75 Å². The van der Waals surface area contributed by atoms with Gasteiger partial charge in [0.1, 0.15) is 18.2 Å². The number of halogens is 1. The molecule has 0 saturated heterocycles. The first kappa shape index (κ1) is 24.7. The first-order valence-electron chi connectivity index (χ1n) is 11.0. The van der Waals surface area contributed by atoms with Gasteiger partial charge in [-0.15, -0.1) is 0 Å². The Morgan fingerprint density at radius 2 is 1.88 bits per heavy atom. The molecule has 2 aromatic rings. The summed E-state index contributed by atoms with van der Waals surface area (Å²) in [4.78, 5) is 29.6. The van der Waals surface area contributed by atoms with Crippen LogP contribution in [0.25, 0.3) is 0 Å². The van der Waals surface area contributed by atoms with Crippen molar-refractivity contribution in [3.05, 3.63) is 59.4 Å². The topological polar surface area (TPSA) is 71.1 Å². The monoisotopic (exact) mass is 457 g/mol. The molecule has 1 N–H and O–H groups in total. The lowest BCUT2D eigenvalue weighted by Crippen LogP contribution is -2.45. The third-order valence-electron chi connectivity index (χ3n) is 6.13. The lowest BCUT2D eigenvalue weighted by molar-refractivity contribution is 0.0150. The van der Waals surface area contributed by atoms with Crippen molar-refractivity contribution in [1.82, 2.24) is 9.80 Å². The Bertz CT molecular complexity index is 999. The number of likely N-dealkylation sites (N-methyl/N-ethyl adjacent to an activating group) is 2. The zero-order valence-corrected chi connectivity index (χ0v) is 19.8. The van der Waals surface area contributed by atoms with E-state index in [4.69, 9.17) is 9.47 Å². The number of hydrogen-bond donors (Lipinski definition) is 1. The van der Waals surface area contributed by atoms with Gasteiger partial charge in [-0.25, -0.2) is 4.39 Å². The van der Waals surface area contributed by atoms with E-state index in [9.17, 15) is 14.0 Å². The average molecular weight is 458 g/mol. The normalized spacial score (nSPS) is 22.5. The minimum atomic E-state index is -0.604. The number of methoxy groups -OCH3 is 1. The molecule has 1 aliphatic rings. The van der Waals surface area contributed by atoms with Gasteiger partial charge in [-0.2, -0.15) is 0 Å². The summed E-state index contributed by atoms with van der Waals surface area (Å²) >= 11 is 0. The molecule has 0 saturated carbocycles. The van der Waals surface area contributed by atoms with Crippen LogP contribution in [-0.2, 0) is 4.74 Å². The van der Waals surface area contributed by atoms with Crippen LogP contribution in [-0.4, -0.2) is 74.7 Å². The van der Waals surface area contributed by atoms with E-state index in [1.54, 1.807) is 43.3 Å². The van der Waals surface area contributed by atoms with Crippen LogP contribution >= 0.6 is 0 Å². The number of carbonyl (C=O) groups excluding carboxylic acids is 2. The molecule has 3 rings (SSSR count). The Balaban J connectivity index is 1.91. The molecule has 0 unspecified atom stereocenters. The first-order valence-corrected chi connectivity index (χ1v) is 11.0. The van der Waals surface area contributed by atoms with Crippen molar-refractivity contribution < 1.29 is 23.5 Å². The minimum absolute atomic E-state index is 0.0584. The number of anilines is 1. The molecule has 0 spiro atoms. The minimum Gasteiger partial charge on any atom is -0.491 e. The molecule has 2 amide bonds. The maximum Gasteiger partial charge on any atom is 0.258 e. The van der Waals surface area contributed by atoms with Crippen molar-refractivity contribution in [1.29, 1.82) is 0 Å². The zero-order chi connectivity index (χ0) is 24.1. The Labute approximate surface area is 194 Å². The van der Waals surface area contributed by atoms with Crippen LogP contribution in [0.4, 0.5) is 10.1 Å². The Morgan fingerprint density at radius 3 is 2.58 bits per heavy atom. The lowest BCUT2D eigenvalue weighted by Gasteiger charge is -2.34. The maximum atomic E-state index is 14.0. The van der Waals surface area contributed by atoms with E-state index < -0.39 is 11.7 Å². The van der Waals surface area contributed by atoms with Gasteiger partial charge in [0.05, 0.1) is 17.2 Å². The van der Waals surface area contributed by atoms with Crippen LogP contribution in [0.1, 0.15) is 34.6 Å². The number of benzene rings is 2. The van der Waals surface area contributed by atoms with Gasteiger partial charge in [-0.05, 0) is 44.2 Å². The standard InChI is InChI=1S/C25H32FN3O4/c1-16-13-28(3)17(2)15-33-22-12-18(27-24(30)19-8-6-7-9-21(19)26)10-11-20(22)25(31)29(4)14-23(16)32-5/h6-12,16-17,23H,13-15H2,1-5H3,(H,27,30)/t16-,17+,23+/m1/s1.